The van der Waals surface area contributed by atoms with E-state index < -0.39 is 0 Å². The van der Waals surface area contributed by atoms with Crippen LogP contribution in [0.3, 0.4) is 0 Å². The smallest absolute Gasteiger partial charge is 0.193 e. The van der Waals surface area contributed by atoms with Gasteiger partial charge in [0.25, 0.3) is 0 Å². The number of morpholine rings is 1. The van der Waals surface area contributed by atoms with Crippen LogP contribution in [0.15, 0.2) is 59.6 Å². The second-order valence-corrected chi connectivity index (χ2v) is 8.42. The molecule has 2 saturated heterocycles. The molecule has 0 bridgehead atoms. The Morgan fingerprint density at radius 3 is 2.61 bits per heavy atom. The molecule has 2 heterocycles. The molecule has 2 fully saturated rings. The lowest BCUT2D eigenvalue weighted by Crippen LogP contribution is -2.51. The van der Waals surface area contributed by atoms with Gasteiger partial charge >= 0.3 is 0 Å². The zero-order chi connectivity index (χ0) is 21.6. The Morgan fingerprint density at radius 2 is 1.87 bits per heavy atom. The van der Waals surface area contributed by atoms with Gasteiger partial charge in [0.1, 0.15) is 11.9 Å². The van der Waals surface area contributed by atoms with Crippen LogP contribution in [-0.2, 0) is 9.47 Å². The summed E-state index contributed by atoms with van der Waals surface area (Å²) in [4.78, 5) is 6.79. The number of rotatable bonds is 4. The van der Waals surface area contributed by atoms with Crippen LogP contribution in [0.4, 0.5) is 4.39 Å². The molecule has 31 heavy (non-hydrogen) atoms. The molecule has 0 radical (unpaired) electrons. The standard InChI is InChI=1S/C25H32FN3O2/c1-18-16-29(17-23(31-18)19-10-12-22(26)13-11-19)25(27-2)28-15-21-9-6-14-30-24(21)20-7-4-3-5-8-20/h3-5,7-8,10-13,18,21,23-24H,6,9,14-17H2,1-2H3,(H,27,28). The van der Waals surface area contributed by atoms with Crippen molar-refractivity contribution in [3.8, 4) is 0 Å². The van der Waals surface area contributed by atoms with Crippen LogP contribution in [0.25, 0.3) is 0 Å². The first-order chi connectivity index (χ1) is 15.1. The fraction of sp³-hybridized carbons (Fsp3) is 0.480. The number of ether oxygens (including phenoxy) is 2. The quantitative estimate of drug-likeness (QED) is 0.585. The lowest BCUT2D eigenvalue weighted by atomic mass is 9.89. The van der Waals surface area contributed by atoms with Gasteiger partial charge < -0.3 is 19.7 Å². The SMILES string of the molecule is CN=C(NCC1CCCOC1c1ccccc1)N1CC(C)OC(c2ccc(F)cc2)C1. The van der Waals surface area contributed by atoms with E-state index in [0.29, 0.717) is 12.5 Å². The van der Waals surface area contributed by atoms with E-state index in [-0.39, 0.29) is 24.1 Å². The van der Waals surface area contributed by atoms with Gasteiger partial charge in [0, 0.05) is 32.7 Å². The van der Waals surface area contributed by atoms with E-state index in [1.165, 1.54) is 17.7 Å². The molecule has 0 aromatic heterocycles. The minimum atomic E-state index is -0.232. The highest BCUT2D eigenvalue weighted by atomic mass is 19.1. The molecule has 5 nitrogen and oxygen atoms in total. The monoisotopic (exact) mass is 425 g/mol. The Bertz CT molecular complexity index is 859. The van der Waals surface area contributed by atoms with Crippen LogP contribution < -0.4 is 5.32 Å². The first-order valence-electron chi connectivity index (χ1n) is 11.2. The minimum absolute atomic E-state index is 0.0532. The molecule has 2 aliphatic heterocycles. The van der Waals surface area contributed by atoms with Crippen molar-refractivity contribution in [3.05, 3.63) is 71.5 Å². The van der Waals surface area contributed by atoms with Crippen LogP contribution in [0, 0.1) is 11.7 Å². The van der Waals surface area contributed by atoms with E-state index in [2.05, 4.69) is 46.4 Å². The van der Waals surface area contributed by atoms with Gasteiger partial charge in [-0.25, -0.2) is 4.39 Å². The number of guanidine groups is 1. The van der Waals surface area contributed by atoms with Gasteiger partial charge in [-0.3, -0.25) is 4.99 Å². The molecule has 4 atom stereocenters. The van der Waals surface area contributed by atoms with Crippen molar-refractivity contribution < 1.29 is 13.9 Å². The van der Waals surface area contributed by atoms with Gasteiger partial charge in [0.05, 0.1) is 18.8 Å². The third-order valence-electron chi connectivity index (χ3n) is 6.11. The molecule has 4 unspecified atom stereocenters. The highest BCUT2D eigenvalue weighted by Crippen LogP contribution is 2.33. The Morgan fingerprint density at radius 1 is 1.10 bits per heavy atom. The predicted octanol–water partition coefficient (Wildman–Crippen LogP) is 4.33. The number of halogens is 1. The summed E-state index contributed by atoms with van der Waals surface area (Å²) in [5.41, 5.74) is 2.22. The highest BCUT2D eigenvalue weighted by Gasteiger charge is 2.31. The number of nitrogens with one attached hydrogen (secondary N) is 1. The molecule has 0 aliphatic carbocycles. The molecule has 0 spiro atoms. The molecule has 0 saturated carbocycles. The van der Waals surface area contributed by atoms with Crippen molar-refractivity contribution in [2.75, 3.05) is 33.3 Å². The number of nitrogens with zero attached hydrogens (tertiary/aromatic N) is 2. The Kier molecular flexibility index (Phi) is 7.20. The highest BCUT2D eigenvalue weighted by molar-refractivity contribution is 5.80. The van der Waals surface area contributed by atoms with Crippen molar-refractivity contribution in [2.45, 2.75) is 38.1 Å². The van der Waals surface area contributed by atoms with E-state index in [4.69, 9.17) is 9.47 Å². The molecule has 2 aromatic carbocycles. The van der Waals surface area contributed by atoms with Crippen molar-refractivity contribution in [2.24, 2.45) is 10.9 Å². The molecule has 2 aliphatic rings. The average Bonchev–Trinajstić information content (AvgIpc) is 2.80. The molecule has 6 heteroatoms. The molecule has 4 rings (SSSR count). The summed E-state index contributed by atoms with van der Waals surface area (Å²) in [5, 5.41) is 3.59. The van der Waals surface area contributed by atoms with Gasteiger partial charge in [-0.15, -0.1) is 0 Å². The van der Waals surface area contributed by atoms with Gasteiger partial charge in [0.15, 0.2) is 5.96 Å². The topological polar surface area (TPSA) is 46.1 Å². The molecule has 1 N–H and O–H groups in total. The predicted molar refractivity (Wildman–Crippen MR) is 120 cm³/mol. The molecule has 0 amide bonds. The van der Waals surface area contributed by atoms with Gasteiger partial charge in [-0.2, -0.15) is 0 Å². The lowest BCUT2D eigenvalue weighted by molar-refractivity contribution is -0.0609. The van der Waals surface area contributed by atoms with E-state index in [9.17, 15) is 4.39 Å². The van der Waals surface area contributed by atoms with Crippen molar-refractivity contribution >= 4 is 5.96 Å². The van der Waals surface area contributed by atoms with E-state index in [0.717, 1.165) is 44.1 Å². The Labute approximate surface area is 184 Å². The maximum atomic E-state index is 13.3. The zero-order valence-corrected chi connectivity index (χ0v) is 18.3. The van der Waals surface area contributed by atoms with E-state index in [1.807, 2.05) is 13.1 Å². The van der Waals surface area contributed by atoms with Crippen LogP contribution >= 0.6 is 0 Å². The summed E-state index contributed by atoms with van der Waals surface area (Å²) < 4.78 is 25.6. The Balaban J connectivity index is 1.41. The van der Waals surface area contributed by atoms with Crippen LogP contribution in [0.5, 0.6) is 0 Å². The fourth-order valence-corrected chi connectivity index (χ4v) is 4.60. The first-order valence-corrected chi connectivity index (χ1v) is 11.2. The summed E-state index contributed by atoms with van der Waals surface area (Å²) in [7, 11) is 1.82. The normalized spacial score (nSPS) is 27.2. The maximum Gasteiger partial charge on any atom is 0.193 e. The second-order valence-electron chi connectivity index (χ2n) is 8.42. The molecule has 2 aromatic rings. The third-order valence-corrected chi connectivity index (χ3v) is 6.11. The summed E-state index contributed by atoms with van der Waals surface area (Å²) in [6, 6.07) is 17.1. The van der Waals surface area contributed by atoms with Gasteiger partial charge in [-0.05, 0) is 43.0 Å². The summed E-state index contributed by atoms with van der Waals surface area (Å²) in [5.74, 6) is 1.03. The van der Waals surface area contributed by atoms with Crippen molar-refractivity contribution in [1.82, 2.24) is 10.2 Å². The maximum absolute atomic E-state index is 13.3. The van der Waals surface area contributed by atoms with Gasteiger partial charge in [-0.1, -0.05) is 42.5 Å². The largest absolute Gasteiger partial charge is 0.373 e. The summed E-state index contributed by atoms with van der Waals surface area (Å²) in [6.45, 7) is 5.13. The average molecular weight is 426 g/mol. The summed E-state index contributed by atoms with van der Waals surface area (Å²) in [6.07, 6.45) is 2.25. The third kappa shape index (κ3) is 5.43. The van der Waals surface area contributed by atoms with Crippen molar-refractivity contribution in [3.63, 3.8) is 0 Å². The summed E-state index contributed by atoms with van der Waals surface area (Å²) >= 11 is 0. The van der Waals surface area contributed by atoms with E-state index in [1.54, 1.807) is 12.1 Å². The molecular formula is C25H32FN3O2. The Hall–Kier alpha value is -2.44. The fourth-order valence-electron chi connectivity index (χ4n) is 4.60. The van der Waals surface area contributed by atoms with E-state index >= 15 is 0 Å². The van der Waals surface area contributed by atoms with Crippen LogP contribution in [0.2, 0.25) is 0 Å². The van der Waals surface area contributed by atoms with Crippen LogP contribution in [0.1, 0.15) is 43.1 Å². The van der Waals surface area contributed by atoms with Crippen LogP contribution in [-0.4, -0.2) is 50.3 Å². The first kappa shape index (κ1) is 21.8. The number of hydrogen-bond donors (Lipinski definition) is 1. The minimum Gasteiger partial charge on any atom is -0.373 e. The molecular weight excluding hydrogens is 393 g/mol. The van der Waals surface area contributed by atoms with Crippen molar-refractivity contribution in [1.29, 1.82) is 0 Å². The zero-order valence-electron chi connectivity index (χ0n) is 18.3. The number of benzene rings is 2. The molecule has 166 valence electrons. The van der Waals surface area contributed by atoms with Gasteiger partial charge in [0.2, 0.25) is 0 Å². The second kappa shape index (κ2) is 10.2. The number of aliphatic imine (C=N–C) groups is 1. The number of hydrogen-bond acceptors (Lipinski definition) is 3. The lowest BCUT2D eigenvalue weighted by Gasteiger charge is -2.39.